The predicted octanol–water partition coefficient (Wildman–Crippen LogP) is 18.5. The van der Waals surface area contributed by atoms with E-state index in [4.69, 9.17) is 14.2 Å². The van der Waals surface area contributed by atoms with E-state index < -0.39 is 6.10 Å². The highest BCUT2D eigenvalue weighted by molar-refractivity contribution is 5.71. The molecule has 0 spiro atoms. The molecule has 0 aliphatic rings. The molecule has 0 N–H and O–H groups in total. The van der Waals surface area contributed by atoms with Gasteiger partial charge in [-0.1, -0.05) is 234 Å². The molecule has 1 unspecified atom stereocenters. The molecule has 0 rings (SSSR count). The van der Waals surface area contributed by atoms with Gasteiger partial charge in [-0.2, -0.15) is 0 Å². The topological polar surface area (TPSA) is 78.9 Å². The lowest BCUT2D eigenvalue weighted by Crippen LogP contribution is -2.30. The lowest BCUT2D eigenvalue weighted by Gasteiger charge is -2.18. The average molecular weight is 931 g/mol. The summed E-state index contributed by atoms with van der Waals surface area (Å²) in [6.45, 7) is 6.38. The summed E-state index contributed by atoms with van der Waals surface area (Å²) in [5.41, 5.74) is 0. The van der Waals surface area contributed by atoms with Gasteiger partial charge in [0.1, 0.15) is 13.2 Å². The number of unbranched alkanes of at least 4 members (excludes halogenated alkanes) is 22. The van der Waals surface area contributed by atoms with Gasteiger partial charge in [0.15, 0.2) is 6.10 Å². The van der Waals surface area contributed by atoms with Crippen LogP contribution in [0, 0.1) is 0 Å². The Morgan fingerprint density at radius 3 is 0.925 bits per heavy atom. The molecule has 0 radical (unpaired) electrons. The van der Waals surface area contributed by atoms with E-state index in [1.807, 2.05) is 0 Å². The first-order valence-corrected chi connectivity index (χ1v) is 27.7. The first-order valence-electron chi connectivity index (χ1n) is 27.7. The summed E-state index contributed by atoms with van der Waals surface area (Å²) in [7, 11) is 0. The Hall–Kier alpha value is -3.67. The summed E-state index contributed by atoms with van der Waals surface area (Å²) in [6.07, 6.45) is 72.5. The van der Waals surface area contributed by atoms with Gasteiger partial charge in [-0.15, -0.1) is 0 Å². The van der Waals surface area contributed by atoms with Crippen LogP contribution in [0.15, 0.2) is 97.2 Å². The third-order valence-electron chi connectivity index (χ3n) is 11.6. The van der Waals surface area contributed by atoms with Crippen LogP contribution in [-0.2, 0) is 28.6 Å². The van der Waals surface area contributed by atoms with Crippen molar-refractivity contribution in [2.24, 2.45) is 0 Å². The van der Waals surface area contributed by atoms with Gasteiger partial charge in [-0.3, -0.25) is 14.4 Å². The molecule has 6 nitrogen and oxygen atoms in total. The minimum atomic E-state index is -0.797. The fourth-order valence-electron chi connectivity index (χ4n) is 7.48. The van der Waals surface area contributed by atoms with Crippen LogP contribution in [0.3, 0.4) is 0 Å². The molecular formula is C61H102O6. The number of hydrogen-bond donors (Lipinski definition) is 0. The Bertz CT molecular complexity index is 1350. The largest absolute Gasteiger partial charge is 0.462 e. The quantitative estimate of drug-likeness (QED) is 0.0262. The predicted molar refractivity (Wildman–Crippen MR) is 288 cm³/mol. The molecule has 0 aliphatic heterocycles. The summed E-state index contributed by atoms with van der Waals surface area (Å²) in [5.74, 6) is -0.940. The summed E-state index contributed by atoms with van der Waals surface area (Å²) >= 11 is 0. The van der Waals surface area contributed by atoms with Crippen LogP contribution in [0.1, 0.15) is 252 Å². The van der Waals surface area contributed by atoms with Gasteiger partial charge in [0.05, 0.1) is 0 Å². The Kier molecular flexibility index (Phi) is 51.9. The molecule has 0 aliphatic carbocycles. The molecule has 382 valence electrons. The van der Waals surface area contributed by atoms with Gasteiger partial charge in [0.25, 0.3) is 0 Å². The molecule has 0 aromatic heterocycles. The minimum Gasteiger partial charge on any atom is -0.462 e. The minimum absolute atomic E-state index is 0.0963. The molecule has 67 heavy (non-hydrogen) atoms. The molecule has 0 heterocycles. The third kappa shape index (κ3) is 53.2. The maximum absolute atomic E-state index is 12.8. The highest BCUT2D eigenvalue weighted by Crippen LogP contribution is 2.15. The van der Waals surface area contributed by atoms with E-state index in [0.29, 0.717) is 19.3 Å². The summed E-state index contributed by atoms with van der Waals surface area (Å²) < 4.78 is 16.8. The maximum Gasteiger partial charge on any atom is 0.306 e. The van der Waals surface area contributed by atoms with Crippen molar-refractivity contribution in [3.63, 3.8) is 0 Å². The van der Waals surface area contributed by atoms with Gasteiger partial charge < -0.3 is 14.2 Å². The van der Waals surface area contributed by atoms with Gasteiger partial charge >= 0.3 is 17.9 Å². The van der Waals surface area contributed by atoms with Crippen LogP contribution < -0.4 is 0 Å². The Labute approximate surface area is 413 Å². The number of allylic oxidation sites excluding steroid dienone is 16. The lowest BCUT2D eigenvalue weighted by atomic mass is 10.0. The number of carbonyl (C=O) groups is 3. The van der Waals surface area contributed by atoms with Gasteiger partial charge in [0.2, 0.25) is 0 Å². The number of hydrogen-bond acceptors (Lipinski definition) is 6. The van der Waals surface area contributed by atoms with Crippen LogP contribution in [0.25, 0.3) is 0 Å². The number of rotatable bonds is 49. The highest BCUT2D eigenvalue weighted by atomic mass is 16.6. The van der Waals surface area contributed by atoms with E-state index in [0.717, 1.165) is 135 Å². The fraction of sp³-hybridized carbons (Fsp3) is 0.689. The van der Waals surface area contributed by atoms with Crippen molar-refractivity contribution in [2.45, 2.75) is 258 Å². The molecule has 0 saturated heterocycles. The molecular weight excluding hydrogens is 829 g/mol. The van der Waals surface area contributed by atoms with Crippen LogP contribution in [0.2, 0.25) is 0 Å². The van der Waals surface area contributed by atoms with E-state index in [1.165, 1.54) is 77.0 Å². The zero-order chi connectivity index (χ0) is 48.6. The van der Waals surface area contributed by atoms with Crippen molar-refractivity contribution in [2.75, 3.05) is 13.2 Å². The van der Waals surface area contributed by atoms with Crippen molar-refractivity contribution in [1.82, 2.24) is 0 Å². The smallest absolute Gasteiger partial charge is 0.306 e. The monoisotopic (exact) mass is 931 g/mol. The van der Waals surface area contributed by atoms with Crippen molar-refractivity contribution < 1.29 is 28.6 Å². The van der Waals surface area contributed by atoms with E-state index in [-0.39, 0.29) is 31.1 Å². The second-order valence-electron chi connectivity index (χ2n) is 18.1. The maximum atomic E-state index is 12.8. The van der Waals surface area contributed by atoms with Gasteiger partial charge in [0, 0.05) is 19.3 Å². The van der Waals surface area contributed by atoms with Crippen molar-refractivity contribution in [3.8, 4) is 0 Å². The van der Waals surface area contributed by atoms with Crippen LogP contribution in [-0.4, -0.2) is 37.2 Å². The summed E-state index contributed by atoms with van der Waals surface area (Å²) in [4.78, 5) is 38.1. The Morgan fingerprint density at radius 1 is 0.313 bits per heavy atom. The van der Waals surface area contributed by atoms with E-state index >= 15 is 0 Å². The van der Waals surface area contributed by atoms with Gasteiger partial charge in [-0.05, 0) is 96.3 Å². The molecule has 6 heteroatoms. The van der Waals surface area contributed by atoms with Gasteiger partial charge in [-0.25, -0.2) is 0 Å². The molecule has 0 aromatic carbocycles. The highest BCUT2D eigenvalue weighted by Gasteiger charge is 2.19. The SMILES string of the molecule is CC/C=C\C/C=C\C/C=C\C/C=C\C/C=C\CCCCCCCC(=O)OCC(COC(=O)CCCCC/C=C\C/C=C\C/C=C\CC)OC(=O)CCCCCCCCCCCCCCCCC. The first kappa shape index (κ1) is 63.3. The molecule has 0 bridgehead atoms. The van der Waals surface area contributed by atoms with Crippen LogP contribution in [0.4, 0.5) is 0 Å². The summed E-state index contributed by atoms with van der Waals surface area (Å²) in [5, 5.41) is 0. The zero-order valence-electron chi connectivity index (χ0n) is 43.6. The second kappa shape index (κ2) is 54.9. The standard InChI is InChI=1S/C61H102O6/c1-4-7-10-13-16-19-22-25-27-28-29-30-31-32-34-36-39-42-45-48-51-54-60(63)66-57-58(56-65-59(62)53-50-47-44-41-38-35-24-21-18-15-12-9-6-3)67-61(64)55-52-49-46-43-40-37-33-26-23-20-17-14-11-8-5-2/h7,9-10,12,16,18-19,21,25,27,29-30,32,34-35,38,58H,4-6,8,11,13-15,17,20,22-24,26,28,31,33,36-37,39-57H2,1-3H3/b10-7-,12-9-,19-16-,21-18-,27-25-,30-29-,34-32-,38-35-. The Morgan fingerprint density at radius 2 is 0.582 bits per heavy atom. The molecule has 0 amide bonds. The average Bonchev–Trinajstić information content (AvgIpc) is 3.33. The molecule has 0 aromatic rings. The molecule has 0 saturated carbocycles. The van der Waals surface area contributed by atoms with Crippen LogP contribution in [0.5, 0.6) is 0 Å². The first-order chi connectivity index (χ1) is 33.0. The van der Waals surface area contributed by atoms with Crippen LogP contribution >= 0.6 is 0 Å². The van der Waals surface area contributed by atoms with E-state index in [2.05, 4.69) is 118 Å². The number of ether oxygens (including phenoxy) is 3. The van der Waals surface area contributed by atoms with Crippen molar-refractivity contribution in [3.05, 3.63) is 97.2 Å². The second-order valence-corrected chi connectivity index (χ2v) is 18.1. The lowest BCUT2D eigenvalue weighted by molar-refractivity contribution is -0.167. The number of carbonyl (C=O) groups excluding carboxylic acids is 3. The molecule has 1 atom stereocenters. The van der Waals surface area contributed by atoms with Crippen molar-refractivity contribution >= 4 is 17.9 Å². The zero-order valence-corrected chi connectivity index (χ0v) is 43.6. The third-order valence-corrected chi connectivity index (χ3v) is 11.6. The van der Waals surface area contributed by atoms with Crippen molar-refractivity contribution in [1.29, 1.82) is 0 Å². The fourth-order valence-corrected chi connectivity index (χ4v) is 7.48. The number of esters is 3. The van der Waals surface area contributed by atoms with E-state index in [1.54, 1.807) is 0 Å². The molecule has 0 fully saturated rings. The van der Waals surface area contributed by atoms with E-state index in [9.17, 15) is 14.4 Å². The normalized spacial score (nSPS) is 12.8. The Balaban J connectivity index is 4.43. The summed E-state index contributed by atoms with van der Waals surface area (Å²) in [6, 6.07) is 0.